The lowest BCUT2D eigenvalue weighted by molar-refractivity contribution is -0.122. The van der Waals surface area contributed by atoms with Gasteiger partial charge in [-0.15, -0.1) is 0 Å². The molecule has 6 nitrogen and oxygen atoms in total. The molecular weight excluding hydrogens is 338 g/mol. The molecule has 3 N–H and O–H groups in total. The fourth-order valence-corrected chi connectivity index (χ4v) is 3.75. The van der Waals surface area contributed by atoms with Crippen LogP contribution in [0.3, 0.4) is 0 Å². The number of carbonyl (C=O) groups excluding carboxylic acids is 1. The number of hydrogen-bond donors (Lipinski definition) is 3. The maximum atomic E-state index is 12.4. The van der Waals surface area contributed by atoms with Crippen molar-refractivity contribution in [2.24, 2.45) is 5.92 Å². The predicted molar refractivity (Wildman–Crippen MR) is 108 cm³/mol. The molecule has 1 saturated heterocycles. The van der Waals surface area contributed by atoms with Crippen LogP contribution in [0.5, 0.6) is 0 Å². The molecule has 1 aromatic heterocycles. The summed E-state index contributed by atoms with van der Waals surface area (Å²) < 4.78 is 1.95. The number of para-hydroxylation sites is 1. The minimum absolute atomic E-state index is 0.0683. The number of aryl methyl sites for hydroxylation is 1. The van der Waals surface area contributed by atoms with Crippen molar-refractivity contribution in [3.63, 3.8) is 0 Å². The van der Waals surface area contributed by atoms with Crippen LogP contribution in [-0.2, 0) is 4.79 Å². The van der Waals surface area contributed by atoms with E-state index in [0.29, 0.717) is 24.4 Å². The van der Waals surface area contributed by atoms with E-state index >= 15 is 0 Å². The minimum atomic E-state index is -0.0683. The van der Waals surface area contributed by atoms with Crippen molar-refractivity contribution < 1.29 is 4.79 Å². The maximum Gasteiger partial charge on any atom is 0.220 e. The second-order valence-electron chi connectivity index (χ2n) is 7.75. The number of nitrogens with zero attached hydrogens (tertiary/aromatic N) is 2. The number of nitrogens with one attached hydrogen (secondary N) is 3. The minimum Gasteiger partial charge on any atom is -0.349 e. The van der Waals surface area contributed by atoms with Gasteiger partial charge in [-0.05, 0) is 51.7 Å². The molecule has 3 rings (SSSR count). The molecule has 27 heavy (non-hydrogen) atoms. The average Bonchev–Trinajstić information content (AvgIpc) is 3.17. The third kappa shape index (κ3) is 4.22. The first-order chi connectivity index (χ1) is 12.9. The quantitative estimate of drug-likeness (QED) is 0.732. The van der Waals surface area contributed by atoms with Crippen molar-refractivity contribution >= 4 is 5.91 Å². The van der Waals surface area contributed by atoms with E-state index in [-0.39, 0.29) is 11.9 Å². The van der Waals surface area contributed by atoms with Gasteiger partial charge in [0, 0.05) is 29.8 Å². The highest BCUT2D eigenvalue weighted by Crippen LogP contribution is 2.22. The summed E-state index contributed by atoms with van der Waals surface area (Å²) in [6, 6.07) is 8.89. The first kappa shape index (κ1) is 19.6. The Morgan fingerprint density at radius 3 is 2.67 bits per heavy atom. The zero-order valence-electron chi connectivity index (χ0n) is 16.9. The maximum absolute atomic E-state index is 12.4. The summed E-state index contributed by atoms with van der Waals surface area (Å²) >= 11 is 0. The lowest BCUT2D eigenvalue weighted by atomic mass is 9.94. The molecule has 1 fully saturated rings. The lowest BCUT2D eigenvalue weighted by Gasteiger charge is -2.18. The van der Waals surface area contributed by atoms with E-state index < -0.39 is 0 Å². The zero-order chi connectivity index (χ0) is 19.6. The van der Waals surface area contributed by atoms with Crippen LogP contribution in [0.15, 0.2) is 30.5 Å². The first-order valence-electron chi connectivity index (χ1n) is 9.79. The van der Waals surface area contributed by atoms with Gasteiger partial charge >= 0.3 is 0 Å². The molecule has 0 aliphatic carbocycles. The Labute approximate surface area is 161 Å². The van der Waals surface area contributed by atoms with E-state index in [0.717, 1.165) is 23.4 Å². The standard InChI is InChI=1S/C21H31N5O/c1-13-8-6-7-9-20(13)26-17(5)18(12-22-26)16(4)23-21(27)11-10-19-14(2)15(3)24-25-19/h6-9,12,14-16,19,24-25H,10-11H2,1-5H3,(H,23,27). The molecule has 4 atom stereocenters. The van der Waals surface area contributed by atoms with Crippen LogP contribution in [0, 0.1) is 19.8 Å². The zero-order valence-corrected chi connectivity index (χ0v) is 16.9. The molecule has 6 heteroatoms. The van der Waals surface area contributed by atoms with E-state index in [1.54, 1.807) is 0 Å². The van der Waals surface area contributed by atoms with Crippen LogP contribution in [0.25, 0.3) is 5.69 Å². The van der Waals surface area contributed by atoms with Crippen molar-refractivity contribution in [1.82, 2.24) is 25.9 Å². The van der Waals surface area contributed by atoms with Crippen LogP contribution in [0.4, 0.5) is 0 Å². The molecule has 1 aliphatic rings. The molecule has 0 radical (unpaired) electrons. The monoisotopic (exact) mass is 369 g/mol. The Morgan fingerprint density at radius 1 is 1.26 bits per heavy atom. The number of carbonyl (C=O) groups is 1. The van der Waals surface area contributed by atoms with Crippen molar-refractivity contribution in [2.75, 3.05) is 0 Å². The number of amides is 1. The van der Waals surface area contributed by atoms with Crippen molar-refractivity contribution in [3.8, 4) is 5.69 Å². The first-order valence-corrected chi connectivity index (χ1v) is 9.79. The van der Waals surface area contributed by atoms with Crippen molar-refractivity contribution in [3.05, 3.63) is 47.3 Å². The summed E-state index contributed by atoms with van der Waals surface area (Å²) in [5.74, 6) is 0.601. The van der Waals surface area contributed by atoms with Crippen LogP contribution in [-0.4, -0.2) is 27.8 Å². The molecule has 0 saturated carbocycles. The highest BCUT2D eigenvalue weighted by Gasteiger charge is 2.29. The average molecular weight is 370 g/mol. The van der Waals surface area contributed by atoms with Gasteiger partial charge < -0.3 is 5.32 Å². The molecule has 0 bridgehead atoms. The van der Waals surface area contributed by atoms with Crippen LogP contribution in [0.1, 0.15) is 56.5 Å². The van der Waals surface area contributed by atoms with Gasteiger partial charge in [-0.3, -0.25) is 15.6 Å². The smallest absolute Gasteiger partial charge is 0.220 e. The van der Waals surface area contributed by atoms with Gasteiger partial charge in [-0.1, -0.05) is 25.1 Å². The molecule has 1 amide bonds. The van der Waals surface area contributed by atoms with Crippen LogP contribution in [0.2, 0.25) is 0 Å². The Balaban J connectivity index is 1.61. The molecule has 2 heterocycles. The summed E-state index contributed by atoms with van der Waals surface area (Å²) in [5.41, 5.74) is 10.9. The Morgan fingerprint density at radius 2 is 2.00 bits per heavy atom. The molecule has 0 spiro atoms. The normalized spacial score (nSPS) is 23.4. The number of rotatable bonds is 6. The van der Waals surface area contributed by atoms with Gasteiger partial charge in [0.1, 0.15) is 0 Å². The summed E-state index contributed by atoms with van der Waals surface area (Å²) in [6.07, 6.45) is 3.21. The van der Waals surface area contributed by atoms with Crippen molar-refractivity contribution in [1.29, 1.82) is 0 Å². The molecule has 146 valence electrons. The largest absolute Gasteiger partial charge is 0.349 e. The third-order valence-corrected chi connectivity index (χ3v) is 5.84. The number of benzene rings is 1. The molecule has 1 aliphatic heterocycles. The van der Waals surface area contributed by atoms with Gasteiger partial charge in [0.25, 0.3) is 0 Å². The van der Waals surface area contributed by atoms with E-state index in [1.165, 1.54) is 5.56 Å². The fourth-order valence-electron chi connectivity index (χ4n) is 3.75. The van der Waals surface area contributed by atoms with E-state index in [4.69, 9.17) is 0 Å². The summed E-state index contributed by atoms with van der Waals surface area (Å²) in [6.45, 7) is 10.5. The second kappa shape index (κ2) is 8.23. The number of hydrogen-bond acceptors (Lipinski definition) is 4. The van der Waals surface area contributed by atoms with Gasteiger partial charge in [0.15, 0.2) is 0 Å². The predicted octanol–water partition coefficient (Wildman–Crippen LogP) is 2.95. The highest BCUT2D eigenvalue weighted by atomic mass is 16.1. The fraction of sp³-hybridized carbons (Fsp3) is 0.524. The van der Waals surface area contributed by atoms with Gasteiger partial charge in [-0.2, -0.15) is 5.10 Å². The van der Waals surface area contributed by atoms with Crippen molar-refractivity contribution in [2.45, 2.75) is 65.6 Å². The SMILES string of the molecule is Cc1ccccc1-n1ncc(C(C)NC(=O)CCC2NNC(C)C2C)c1C. The molecular formula is C21H31N5O. The number of aromatic nitrogens is 2. The van der Waals surface area contributed by atoms with Gasteiger partial charge in [0.2, 0.25) is 5.91 Å². The summed E-state index contributed by atoms with van der Waals surface area (Å²) in [7, 11) is 0. The topological polar surface area (TPSA) is 71.0 Å². The van der Waals surface area contributed by atoms with Crippen LogP contribution >= 0.6 is 0 Å². The molecule has 1 aromatic carbocycles. The Hall–Kier alpha value is -2.18. The van der Waals surface area contributed by atoms with E-state index in [9.17, 15) is 4.79 Å². The summed E-state index contributed by atoms with van der Waals surface area (Å²) in [4.78, 5) is 12.4. The number of hydrazine groups is 1. The third-order valence-electron chi connectivity index (χ3n) is 5.84. The van der Waals surface area contributed by atoms with Gasteiger partial charge in [0.05, 0.1) is 17.9 Å². The molecule has 4 unspecified atom stereocenters. The Bertz CT molecular complexity index is 800. The Kier molecular flexibility index (Phi) is 5.97. The van der Waals surface area contributed by atoms with E-state index in [2.05, 4.69) is 61.1 Å². The summed E-state index contributed by atoms with van der Waals surface area (Å²) in [5, 5.41) is 7.68. The van der Waals surface area contributed by atoms with Crippen LogP contribution < -0.4 is 16.2 Å². The van der Waals surface area contributed by atoms with Gasteiger partial charge in [-0.25, -0.2) is 4.68 Å². The highest BCUT2D eigenvalue weighted by molar-refractivity contribution is 5.76. The molecule has 2 aromatic rings. The van der Waals surface area contributed by atoms with E-state index in [1.807, 2.05) is 29.9 Å². The lowest BCUT2D eigenvalue weighted by Crippen LogP contribution is -2.34. The second-order valence-corrected chi connectivity index (χ2v) is 7.75.